The van der Waals surface area contributed by atoms with Crippen molar-refractivity contribution in [1.82, 2.24) is 19.5 Å². The van der Waals surface area contributed by atoms with Crippen molar-refractivity contribution in [3.63, 3.8) is 0 Å². The number of aryl methyl sites for hydroxylation is 1. The maximum absolute atomic E-state index is 4.94. The van der Waals surface area contributed by atoms with Crippen LogP contribution in [0.25, 0.3) is 11.2 Å². The Morgan fingerprint density at radius 1 is 1.53 bits per heavy atom. The Morgan fingerprint density at radius 3 is 3.00 bits per heavy atom. The van der Waals surface area contributed by atoms with E-state index in [9.17, 15) is 0 Å². The molecule has 2 aromatic rings. The topological polar surface area (TPSA) is 52.8 Å². The van der Waals surface area contributed by atoms with Gasteiger partial charge >= 0.3 is 0 Å². The highest BCUT2D eigenvalue weighted by Gasteiger charge is 2.11. The minimum absolute atomic E-state index is 0.471. The van der Waals surface area contributed by atoms with Gasteiger partial charge in [-0.05, 0) is 15.8 Å². The second kappa shape index (κ2) is 4.38. The Morgan fingerprint density at radius 2 is 2.33 bits per heavy atom. The van der Waals surface area contributed by atoms with Crippen LogP contribution in [0.15, 0.2) is 6.20 Å². The molecule has 2 aromatic heterocycles. The summed E-state index contributed by atoms with van der Waals surface area (Å²) in [7, 11) is 4.65. The lowest BCUT2D eigenvalue weighted by atomic mass is 10.2. The van der Waals surface area contributed by atoms with Crippen LogP contribution in [0.1, 0.15) is 19.0 Å². The average molecular weight is 242 g/mol. The zero-order valence-electron chi connectivity index (χ0n) is 8.34. The van der Waals surface area contributed by atoms with Crippen molar-refractivity contribution in [2.75, 3.05) is 0 Å². The van der Waals surface area contributed by atoms with Crippen LogP contribution in [0, 0.1) is 0 Å². The maximum atomic E-state index is 4.94. The Hall–Kier alpha value is -0.790. The highest BCUT2D eigenvalue weighted by Crippen LogP contribution is 2.20. The van der Waals surface area contributed by atoms with Crippen molar-refractivity contribution in [2.45, 2.75) is 19.8 Å². The van der Waals surface area contributed by atoms with E-state index in [0.29, 0.717) is 5.88 Å². The summed E-state index contributed by atoms with van der Waals surface area (Å²) in [5.41, 5.74) is 2.55. The Kier molecular flexibility index (Phi) is 3.13. The third kappa shape index (κ3) is 1.95. The van der Waals surface area contributed by atoms with E-state index in [0.717, 1.165) is 29.7 Å². The number of fused-ring (bicyclic) bond motifs is 1. The Balaban J connectivity index is 2.59. The quantitative estimate of drug-likeness (QED) is 0.767. The molecule has 0 aliphatic rings. The number of hydrogen-bond acceptors (Lipinski definition) is 4. The van der Waals surface area contributed by atoms with E-state index in [1.807, 2.05) is 0 Å². The standard InChI is InChI=1S/C8H12N4OP2/c1-2-3-5-7-8(12(14)11-5)10-6(13-15)4-9-7/h4H,2-3,14-15H2,1H3. The molecule has 2 rings (SSSR count). The van der Waals surface area contributed by atoms with Crippen LogP contribution in [-0.4, -0.2) is 19.5 Å². The molecule has 0 aromatic carbocycles. The summed E-state index contributed by atoms with van der Waals surface area (Å²) in [4.78, 5) is 8.56. The van der Waals surface area contributed by atoms with Gasteiger partial charge in [0.15, 0.2) is 5.65 Å². The number of rotatable bonds is 3. The first kappa shape index (κ1) is 10.7. The minimum atomic E-state index is 0.471. The van der Waals surface area contributed by atoms with Gasteiger partial charge in [0, 0.05) is 0 Å². The van der Waals surface area contributed by atoms with Gasteiger partial charge in [0.05, 0.1) is 21.4 Å². The number of nitrogens with zero attached hydrogens (tertiary/aromatic N) is 4. The van der Waals surface area contributed by atoms with Crippen molar-refractivity contribution in [3.8, 4) is 5.88 Å². The Labute approximate surface area is 92.2 Å². The fourth-order valence-corrected chi connectivity index (χ4v) is 1.85. The van der Waals surface area contributed by atoms with Gasteiger partial charge in [0.25, 0.3) is 0 Å². The molecular weight excluding hydrogens is 230 g/mol. The van der Waals surface area contributed by atoms with Crippen molar-refractivity contribution < 1.29 is 4.52 Å². The first-order chi connectivity index (χ1) is 7.26. The van der Waals surface area contributed by atoms with Crippen LogP contribution in [0.3, 0.4) is 0 Å². The normalized spacial score (nSPS) is 10.9. The highest BCUT2D eigenvalue weighted by molar-refractivity contribution is 7.14. The van der Waals surface area contributed by atoms with E-state index in [1.54, 1.807) is 10.6 Å². The summed E-state index contributed by atoms with van der Waals surface area (Å²) in [6.07, 6.45) is 3.55. The van der Waals surface area contributed by atoms with E-state index in [-0.39, 0.29) is 0 Å². The zero-order chi connectivity index (χ0) is 10.8. The van der Waals surface area contributed by atoms with Gasteiger partial charge in [-0.25, -0.2) is 9.44 Å². The number of hydrogen-bond donors (Lipinski definition) is 0. The molecule has 2 unspecified atom stereocenters. The van der Waals surface area contributed by atoms with Gasteiger partial charge in [0.1, 0.15) is 5.52 Å². The molecule has 2 atom stereocenters. The third-order valence-electron chi connectivity index (χ3n) is 2.06. The van der Waals surface area contributed by atoms with E-state index in [2.05, 4.69) is 40.8 Å². The van der Waals surface area contributed by atoms with Crippen LogP contribution in [0.2, 0.25) is 0 Å². The molecule has 0 amide bonds. The molecule has 7 heteroatoms. The van der Waals surface area contributed by atoms with Gasteiger partial charge < -0.3 is 4.52 Å². The van der Waals surface area contributed by atoms with Crippen LogP contribution >= 0.6 is 18.9 Å². The smallest absolute Gasteiger partial charge is 0.236 e. The second-order valence-corrected chi connectivity index (χ2v) is 3.86. The molecule has 0 fully saturated rings. The monoisotopic (exact) mass is 242 g/mol. The lowest BCUT2D eigenvalue weighted by Crippen LogP contribution is -1.88. The number of aromatic nitrogens is 4. The zero-order valence-corrected chi connectivity index (χ0v) is 10.7. The second-order valence-electron chi connectivity index (χ2n) is 3.14. The molecule has 0 aliphatic carbocycles. The van der Waals surface area contributed by atoms with Gasteiger partial charge in [-0.3, -0.25) is 0 Å². The first-order valence-electron chi connectivity index (χ1n) is 4.62. The molecule has 15 heavy (non-hydrogen) atoms. The summed E-state index contributed by atoms with van der Waals surface area (Å²) < 4.78 is 6.59. The molecular formula is C8H12N4OP2. The van der Waals surface area contributed by atoms with Crippen LogP contribution in [0.5, 0.6) is 5.88 Å². The summed E-state index contributed by atoms with van der Waals surface area (Å²) in [5.74, 6) is 0.471. The summed E-state index contributed by atoms with van der Waals surface area (Å²) in [5, 5.41) is 4.35. The van der Waals surface area contributed by atoms with Gasteiger partial charge in [0.2, 0.25) is 5.88 Å². The fourth-order valence-electron chi connectivity index (χ4n) is 1.41. The largest absolute Gasteiger partial charge is 0.462 e. The van der Waals surface area contributed by atoms with Gasteiger partial charge in [-0.15, -0.1) is 0 Å². The molecule has 0 spiro atoms. The molecule has 0 saturated carbocycles. The lowest BCUT2D eigenvalue weighted by molar-refractivity contribution is 0.614. The van der Waals surface area contributed by atoms with Gasteiger partial charge in [-0.2, -0.15) is 10.1 Å². The molecule has 0 radical (unpaired) electrons. The van der Waals surface area contributed by atoms with Crippen LogP contribution in [-0.2, 0) is 6.42 Å². The minimum Gasteiger partial charge on any atom is -0.462 e. The fraction of sp³-hybridized carbons (Fsp3) is 0.375. The van der Waals surface area contributed by atoms with Crippen molar-refractivity contribution >= 4 is 30.0 Å². The highest BCUT2D eigenvalue weighted by atomic mass is 31.0. The molecule has 0 bridgehead atoms. The van der Waals surface area contributed by atoms with Crippen molar-refractivity contribution in [2.24, 2.45) is 0 Å². The van der Waals surface area contributed by atoms with Crippen LogP contribution < -0.4 is 4.52 Å². The Bertz CT molecular complexity index is 485. The lowest BCUT2D eigenvalue weighted by Gasteiger charge is -1.97. The van der Waals surface area contributed by atoms with Gasteiger partial charge in [-0.1, -0.05) is 13.3 Å². The van der Waals surface area contributed by atoms with Crippen molar-refractivity contribution in [1.29, 1.82) is 0 Å². The van der Waals surface area contributed by atoms with E-state index in [1.165, 1.54) is 0 Å². The molecule has 80 valence electrons. The molecule has 0 N–H and O–H groups in total. The van der Waals surface area contributed by atoms with E-state index < -0.39 is 0 Å². The first-order valence-corrected chi connectivity index (χ1v) is 5.61. The summed E-state index contributed by atoms with van der Waals surface area (Å²) >= 11 is 0. The molecule has 0 aliphatic heterocycles. The summed E-state index contributed by atoms with van der Waals surface area (Å²) in [6, 6.07) is 0. The molecule has 0 saturated heterocycles. The van der Waals surface area contributed by atoms with Crippen LogP contribution in [0.4, 0.5) is 0 Å². The molecule has 5 nitrogen and oxygen atoms in total. The van der Waals surface area contributed by atoms with E-state index >= 15 is 0 Å². The van der Waals surface area contributed by atoms with E-state index in [4.69, 9.17) is 4.52 Å². The SMILES string of the molecule is CCCc1nn(P)c2nc(OP)cnc12. The predicted molar refractivity (Wildman–Crippen MR) is 64.8 cm³/mol. The molecule has 2 heterocycles. The predicted octanol–water partition coefficient (Wildman–Crippen LogP) is 1.59. The van der Waals surface area contributed by atoms with Crippen molar-refractivity contribution in [3.05, 3.63) is 11.9 Å². The summed E-state index contributed by atoms with van der Waals surface area (Å²) in [6.45, 7) is 2.11. The maximum Gasteiger partial charge on any atom is 0.236 e. The average Bonchev–Trinajstić information content (AvgIpc) is 2.56. The third-order valence-corrected chi connectivity index (χ3v) is 2.66.